The van der Waals surface area contributed by atoms with Crippen molar-refractivity contribution in [1.82, 2.24) is 0 Å². The van der Waals surface area contributed by atoms with Gasteiger partial charge < -0.3 is 4.90 Å². The van der Waals surface area contributed by atoms with E-state index >= 15 is 0 Å². The second-order valence-electron chi connectivity index (χ2n) is 3.62. The third kappa shape index (κ3) is 2.74. The first-order chi connectivity index (χ1) is 8.06. The molecular weight excluding hydrogens is 239 g/mol. The predicted octanol–water partition coefficient (Wildman–Crippen LogP) is 2.80. The van der Waals surface area contributed by atoms with E-state index in [-0.39, 0.29) is 11.7 Å². The Labute approximate surface area is 103 Å². The van der Waals surface area contributed by atoms with Gasteiger partial charge in [0.2, 0.25) is 5.91 Å². The quantitative estimate of drug-likeness (QED) is 0.768. The van der Waals surface area contributed by atoms with Crippen molar-refractivity contribution in [2.24, 2.45) is 4.99 Å². The highest BCUT2D eigenvalue weighted by molar-refractivity contribution is 8.18. The lowest BCUT2D eigenvalue weighted by Gasteiger charge is -2.16. The summed E-state index contributed by atoms with van der Waals surface area (Å²) in [6, 6.07) is 6.08. The molecule has 0 saturated carbocycles. The molecule has 0 aromatic heterocycles. The van der Waals surface area contributed by atoms with E-state index in [9.17, 15) is 9.18 Å². The van der Waals surface area contributed by atoms with Crippen molar-refractivity contribution >= 4 is 28.5 Å². The van der Waals surface area contributed by atoms with E-state index < -0.39 is 0 Å². The number of carbonyl (C=O) groups is 1. The molecule has 1 amide bonds. The van der Waals surface area contributed by atoms with Crippen molar-refractivity contribution in [1.29, 1.82) is 0 Å². The standard InChI is InChI=1S/C12H11FN2OS/c1-8-7-15(12(17-8)14-9(2)16)11-5-3-10(13)4-6-11/h3-6H,1,7H2,2H3/b14-12-. The number of halogens is 1. The van der Waals surface area contributed by atoms with E-state index in [1.165, 1.54) is 30.8 Å². The van der Waals surface area contributed by atoms with Crippen LogP contribution in [-0.2, 0) is 4.79 Å². The van der Waals surface area contributed by atoms with E-state index in [0.29, 0.717) is 11.7 Å². The Morgan fingerprint density at radius 2 is 2.12 bits per heavy atom. The van der Waals surface area contributed by atoms with Crippen LogP contribution in [0, 0.1) is 5.82 Å². The van der Waals surface area contributed by atoms with Crippen LogP contribution in [0.4, 0.5) is 10.1 Å². The summed E-state index contributed by atoms with van der Waals surface area (Å²) in [5.41, 5.74) is 0.803. The molecule has 0 aliphatic carbocycles. The van der Waals surface area contributed by atoms with Crippen molar-refractivity contribution in [3.8, 4) is 0 Å². The molecule has 0 unspecified atom stereocenters. The minimum absolute atomic E-state index is 0.255. The molecule has 0 radical (unpaired) electrons. The van der Waals surface area contributed by atoms with E-state index in [1.54, 1.807) is 12.1 Å². The zero-order valence-corrected chi connectivity index (χ0v) is 10.1. The number of amides is 1. The fraction of sp³-hybridized carbons (Fsp3) is 0.167. The summed E-state index contributed by atoms with van der Waals surface area (Å²) in [6.45, 7) is 5.85. The molecule has 3 nitrogen and oxygen atoms in total. The molecule has 88 valence electrons. The molecule has 17 heavy (non-hydrogen) atoms. The molecular formula is C12H11FN2OS. The lowest BCUT2D eigenvalue weighted by atomic mass is 10.3. The molecule has 0 bridgehead atoms. The first-order valence-electron chi connectivity index (χ1n) is 5.04. The molecule has 1 aromatic carbocycles. The fourth-order valence-corrected chi connectivity index (χ4v) is 2.41. The Hall–Kier alpha value is -1.62. The summed E-state index contributed by atoms with van der Waals surface area (Å²) in [5.74, 6) is -0.543. The number of thioether (sulfide) groups is 1. The summed E-state index contributed by atoms with van der Waals surface area (Å²) in [7, 11) is 0. The monoisotopic (exact) mass is 250 g/mol. The Morgan fingerprint density at radius 3 is 2.71 bits per heavy atom. The summed E-state index contributed by atoms with van der Waals surface area (Å²) in [4.78, 5) is 17.7. The third-order valence-corrected chi connectivity index (χ3v) is 3.10. The van der Waals surface area contributed by atoms with E-state index in [1.807, 2.05) is 4.90 Å². The number of rotatable bonds is 1. The second-order valence-corrected chi connectivity index (χ2v) is 4.76. The molecule has 0 spiro atoms. The first kappa shape index (κ1) is 11.9. The first-order valence-corrected chi connectivity index (χ1v) is 5.86. The summed E-state index contributed by atoms with van der Waals surface area (Å²) < 4.78 is 12.8. The highest BCUT2D eigenvalue weighted by Gasteiger charge is 2.24. The van der Waals surface area contributed by atoms with Crippen LogP contribution in [0.15, 0.2) is 40.7 Å². The summed E-state index contributed by atoms with van der Waals surface area (Å²) in [6.07, 6.45) is 0. The van der Waals surface area contributed by atoms with Crippen LogP contribution in [-0.4, -0.2) is 17.6 Å². The van der Waals surface area contributed by atoms with Crippen molar-refractivity contribution in [3.63, 3.8) is 0 Å². The molecule has 1 saturated heterocycles. The number of amidine groups is 1. The number of aliphatic imine (C=N–C) groups is 1. The molecule has 2 rings (SSSR count). The topological polar surface area (TPSA) is 32.7 Å². The molecule has 1 aliphatic heterocycles. The number of carbonyl (C=O) groups excluding carboxylic acids is 1. The van der Waals surface area contributed by atoms with Crippen molar-refractivity contribution in [2.75, 3.05) is 11.4 Å². The van der Waals surface area contributed by atoms with Gasteiger partial charge in [0.05, 0.1) is 6.54 Å². The summed E-state index contributed by atoms with van der Waals surface area (Å²) in [5, 5.41) is 0.592. The maximum Gasteiger partial charge on any atom is 0.244 e. The van der Waals surface area contributed by atoms with Gasteiger partial charge in [0, 0.05) is 17.5 Å². The Bertz CT molecular complexity index is 496. The van der Waals surface area contributed by atoms with Crippen molar-refractivity contribution in [3.05, 3.63) is 41.6 Å². The molecule has 0 atom stereocenters. The highest BCUT2D eigenvalue weighted by atomic mass is 32.2. The largest absolute Gasteiger partial charge is 0.316 e. The lowest BCUT2D eigenvalue weighted by molar-refractivity contribution is -0.115. The predicted molar refractivity (Wildman–Crippen MR) is 68.6 cm³/mol. The average molecular weight is 250 g/mol. The minimum Gasteiger partial charge on any atom is -0.316 e. The maximum absolute atomic E-state index is 12.8. The van der Waals surface area contributed by atoms with Gasteiger partial charge in [-0.3, -0.25) is 4.79 Å². The van der Waals surface area contributed by atoms with Crippen LogP contribution in [0.5, 0.6) is 0 Å². The Balaban J connectivity index is 2.33. The van der Waals surface area contributed by atoms with Gasteiger partial charge in [0.15, 0.2) is 5.17 Å². The number of hydrogen-bond donors (Lipinski definition) is 0. The van der Waals surface area contributed by atoms with Gasteiger partial charge in [-0.1, -0.05) is 18.3 Å². The molecule has 1 fully saturated rings. The van der Waals surface area contributed by atoms with Gasteiger partial charge in [0.1, 0.15) is 5.82 Å². The van der Waals surface area contributed by atoms with Gasteiger partial charge in [0.25, 0.3) is 0 Å². The van der Waals surface area contributed by atoms with E-state index in [4.69, 9.17) is 0 Å². The average Bonchev–Trinajstić information content (AvgIpc) is 2.59. The minimum atomic E-state index is -0.288. The van der Waals surface area contributed by atoms with Gasteiger partial charge in [-0.05, 0) is 24.3 Å². The molecule has 1 aromatic rings. The highest BCUT2D eigenvalue weighted by Crippen LogP contribution is 2.32. The van der Waals surface area contributed by atoms with Crippen LogP contribution in [0.3, 0.4) is 0 Å². The fourth-order valence-electron chi connectivity index (χ4n) is 1.50. The van der Waals surface area contributed by atoms with Gasteiger partial charge in [-0.25, -0.2) is 4.39 Å². The molecule has 1 aliphatic rings. The van der Waals surface area contributed by atoms with E-state index in [2.05, 4.69) is 11.6 Å². The van der Waals surface area contributed by atoms with Gasteiger partial charge in [-0.2, -0.15) is 4.99 Å². The van der Waals surface area contributed by atoms with Crippen molar-refractivity contribution < 1.29 is 9.18 Å². The van der Waals surface area contributed by atoms with Crippen LogP contribution in [0.1, 0.15) is 6.92 Å². The zero-order chi connectivity index (χ0) is 12.4. The van der Waals surface area contributed by atoms with Crippen molar-refractivity contribution in [2.45, 2.75) is 6.92 Å². The van der Waals surface area contributed by atoms with Crippen LogP contribution >= 0.6 is 11.8 Å². The number of anilines is 1. The van der Waals surface area contributed by atoms with Crippen LogP contribution < -0.4 is 4.90 Å². The zero-order valence-electron chi connectivity index (χ0n) is 9.31. The van der Waals surface area contributed by atoms with Gasteiger partial charge in [-0.15, -0.1) is 0 Å². The SMILES string of the molecule is C=C1CN(c2ccc(F)cc2)/C(=N/C(C)=O)S1. The third-order valence-electron chi connectivity index (χ3n) is 2.19. The Morgan fingerprint density at radius 1 is 1.47 bits per heavy atom. The number of benzene rings is 1. The molecule has 1 heterocycles. The number of nitrogens with zero attached hydrogens (tertiary/aromatic N) is 2. The maximum atomic E-state index is 12.8. The van der Waals surface area contributed by atoms with Gasteiger partial charge >= 0.3 is 0 Å². The lowest BCUT2D eigenvalue weighted by Crippen LogP contribution is -2.23. The number of hydrogen-bond acceptors (Lipinski definition) is 2. The smallest absolute Gasteiger partial charge is 0.244 e. The van der Waals surface area contributed by atoms with E-state index in [0.717, 1.165) is 10.6 Å². The molecule has 0 N–H and O–H groups in total. The Kier molecular flexibility index (Phi) is 3.28. The normalized spacial score (nSPS) is 17.9. The second kappa shape index (κ2) is 4.71. The summed E-state index contributed by atoms with van der Waals surface area (Å²) >= 11 is 1.37. The van der Waals surface area contributed by atoms with Crippen LogP contribution in [0.25, 0.3) is 0 Å². The molecule has 5 heteroatoms. The van der Waals surface area contributed by atoms with Crippen LogP contribution in [0.2, 0.25) is 0 Å².